The average Bonchev–Trinajstić information content (AvgIpc) is 3.42. The van der Waals surface area contributed by atoms with E-state index < -0.39 is 17.8 Å². The Labute approximate surface area is 245 Å². The van der Waals surface area contributed by atoms with Crippen LogP contribution in [0.15, 0.2) is 85.2 Å². The van der Waals surface area contributed by atoms with Crippen molar-refractivity contribution in [3.63, 3.8) is 0 Å². The minimum absolute atomic E-state index is 0.133. The summed E-state index contributed by atoms with van der Waals surface area (Å²) in [7, 11) is 3.27. The maximum absolute atomic E-state index is 11.0. The largest absolute Gasteiger partial charge is 0.497 e. The highest BCUT2D eigenvalue weighted by Crippen LogP contribution is 2.41. The summed E-state index contributed by atoms with van der Waals surface area (Å²) in [5, 5.41) is 22.0. The van der Waals surface area contributed by atoms with Crippen LogP contribution in [0.1, 0.15) is 34.6 Å². The third-order valence-corrected chi connectivity index (χ3v) is 7.48. The van der Waals surface area contributed by atoms with Crippen molar-refractivity contribution in [2.45, 2.75) is 44.6 Å². The van der Waals surface area contributed by atoms with E-state index in [-0.39, 0.29) is 19.6 Å². The van der Waals surface area contributed by atoms with Gasteiger partial charge in [0, 0.05) is 0 Å². The molecule has 2 atom stereocenters. The average molecular weight is 569 g/mol. The van der Waals surface area contributed by atoms with Crippen LogP contribution >= 0.6 is 0 Å². The molecular weight excluding hydrogens is 532 g/mol. The van der Waals surface area contributed by atoms with Gasteiger partial charge in [-0.2, -0.15) is 0 Å². The predicted molar refractivity (Wildman–Crippen MR) is 160 cm³/mol. The van der Waals surface area contributed by atoms with E-state index in [1.54, 1.807) is 25.1 Å². The fourth-order valence-electron chi connectivity index (χ4n) is 5.28. The maximum Gasteiger partial charge on any atom is 0.163 e. The summed E-state index contributed by atoms with van der Waals surface area (Å²) in [6.07, 6.45) is -0.297. The molecule has 0 amide bonds. The second-order valence-electron chi connectivity index (χ2n) is 10.2. The number of rotatable bonds is 12. The molecule has 9 nitrogen and oxygen atoms in total. The smallest absolute Gasteiger partial charge is 0.163 e. The first-order valence-corrected chi connectivity index (χ1v) is 13.9. The van der Waals surface area contributed by atoms with Gasteiger partial charge >= 0.3 is 0 Å². The van der Waals surface area contributed by atoms with E-state index >= 15 is 0 Å². The Bertz CT molecular complexity index is 1560. The molecular formula is C33H36N4O5. The van der Waals surface area contributed by atoms with Crippen LogP contribution in [-0.4, -0.2) is 62.8 Å². The first-order valence-electron chi connectivity index (χ1n) is 13.9. The number of aromatic nitrogens is 4. The summed E-state index contributed by atoms with van der Waals surface area (Å²) < 4.78 is 19.4. The number of aliphatic hydroxyl groups excluding tert-OH is 2. The number of fused-ring (bicyclic) bond motifs is 1. The Morgan fingerprint density at radius 3 is 1.90 bits per heavy atom. The van der Waals surface area contributed by atoms with Gasteiger partial charge in [-0.3, -0.25) is 0 Å². The van der Waals surface area contributed by atoms with E-state index in [0.29, 0.717) is 17.0 Å². The second-order valence-corrected chi connectivity index (χ2v) is 10.2. The summed E-state index contributed by atoms with van der Waals surface area (Å²) in [5.41, 5.74) is 3.79. The molecule has 218 valence electrons. The number of benzene rings is 3. The van der Waals surface area contributed by atoms with E-state index in [4.69, 9.17) is 14.2 Å². The van der Waals surface area contributed by atoms with Crippen molar-refractivity contribution in [3.05, 3.63) is 113 Å². The van der Waals surface area contributed by atoms with Crippen LogP contribution in [0, 0.1) is 13.8 Å². The topological polar surface area (TPSA) is 112 Å². The van der Waals surface area contributed by atoms with E-state index in [1.165, 1.54) is 0 Å². The highest BCUT2D eigenvalue weighted by atomic mass is 16.5. The first-order chi connectivity index (χ1) is 20.3. The zero-order valence-corrected chi connectivity index (χ0v) is 24.3. The number of imidazole rings is 1. The van der Waals surface area contributed by atoms with Crippen molar-refractivity contribution in [2.24, 2.45) is 0 Å². The van der Waals surface area contributed by atoms with Crippen molar-refractivity contribution in [1.82, 2.24) is 19.5 Å². The fourth-order valence-corrected chi connectivity index (χ4v) is 5.28. The van der Waals surface area contributed by atoms with Crippen LogP contribution in [0.5, 0.6) is 11.5 Å². The molecule has 3 aromatic carbocycles. The highest BCUT2D eigenvalue weighted by Gasteiger charge is 2.38. The lowest BCUT2D eigenvalue weighted by atomic mass is 9.80. The lowest BCUT2D eigenvalue weighted by molar-refractivity contribution is -0.0392. The van der Waals surface area contributed by atoms with Gasteiger partial charge in [-0.25, -0.2) is 15.0 Å². The van der Waals surface area contributed by atoms with Crippen LogP contribution in [0.3, 0.4) is 0 Å². The Balaban J connectivity index is 1.42. The number of hydrogen-bond acceptors (Lipinski definition) is 8. The van der Waals surface area contributed by atoms with Crippen LogP contribution < -0.4 is 9.47 Å². The summed E-state index contributed by atoms with van der Waals surface area (Å²) in [6.45, 7) is 3.99. The molecule has 0 saturated heterocycles. The van der Waals surface area contributed by atoms with Crippen molar-refractivity contribution in [3.8, 4) is 11.5 Å². The SMILES string of the molecule is COc1ccc(C(OCC[C@@H](O)[C@@H](O)Cn2cnc3c(C)nc(C)nc32)(c2ccccc2)c2ccc(OC)cc2)cc1. The molecule has 9 heteroatoms. The van der Waals surface area contributed by atoms with Crippen molar-refractivity contribution in [1.29, 1.82) is 0 Å². The van der Waals surface area contributed by atoms with Gasteiger partial charge < -0.3 is 29.0 Å². The van der Waals surface area contributed by atoms with Crippen LogP contribution in [0.2, 0.25) is 0 Å². The number of aliphatic hydroxyl groups is 2. The van der Waals surface area contributed by atoms with Crippen LogP contribution in [0.25, 0.3) is 11.2 Å². The first kappa shape index (κ1) is 29.2. The summed E-state index contributed by atoms with van der Waals surface area (Å²) >= 11 is 0. The molecule has 0 bridgehead atoms. The van der Waals surface area contributed by atoms with Crippen molar-refractivity contribution >= 4 is 11.2 Å². The number of hydrogen-bond donors (Lipinski definition) is 2. The maximum atomic E-state index is 11.0. The Hall–Kier alpha value is -4.31. The van der Waals surface area contributed by atoms with Crippen molar-refractivity contribution in [2.75, 3.05) is 20.8 Å². The molecule has 0 aliphatic rings. The van der Waals surface area contributed by atoms with Gasteiger partial charge in [0.15, 0.2) is 5.65 Å². The predicted octanol–water partition coefficient (Wildman–Crippen LogP) is 4.58. The zero-order valence-electron chi connectivity index (χ0n) is 24.3. The lowest BCUT2D eigenvalue weighted by Gasteiger charge is -2.36. The molecule has 5 rings (SSSR count). The molecule has 0 spiro atoms. The monoisotopic (exact) mass is 568 g/mol. The minimum atomic E-state index is -1.06. The number of aryl methyl sites for hydroxylation is 2. The molecule has 42 heavy (non-hydrogen) atoms. The van der Waals surface area contributed by atoms with Gasteiger partial charge in [0.25, 0.3) is 0 Å². The Morgan fingerprint density at radius 1 is 0.762 bits per heavy atom. The normalized spacial score (nSPS) is 13.2. The van der Waals surface area contributed by atoms with E-state index in [0.717, 1.165) is 33.9 Å². The van der Waals surface area contributed by atoms with Crippen LogP contribution in [-0.2, 0) is 16.9 Å². The number of methoxy groups -OCH3 is 2. The highest BCUT2D eigenvalue weighted by molar-refractivity contribution is 5.73. The molecule has 0 fully saturated rings. The molecule has 2 N–H and O–H groups in total. The van der Waals surface area contributed by atoms with Gasteiger partial charge in [0.1, 0.15) is 28.4 Å². The zero-order chi connectivity index (χ0) is 29.7. The van der Waals surface area contributed by atoms with E-state index in [1.807, 2.05) is 92.7 Å². The molecule has 0 unspecified atom stereocenters. The Kier molecular flexibility index (Phi) is 8.82. The summed E-state index contributed by atoms with van der Waals surface area (Å²) in [5.74, 6) is 2.09. The minimum Gasteiger partial charge on any atom is -0.497 e. The van der Waals surface area contributed by atoms with Gasteiger partial charge in [0.05, 0.1) is 51.6 Å². The lowest BCUT2D eigenvalue weighted by Crippen LogP contribution is -2.36. The summed E-state index contributed by atoms with van der Waals surface area (Å²) in [4.78, 5) is 13.2. The number of ether oxygens (including phenoxy) is 3. The van der Waals surface area contributed by atoms with E-state index in [9.17, 15) is 10.2 Å². The van der Waals surface area contributed by atoms with Gasteiger partial charge in [-0.15, -0.1) is 0 Å². The van der Waals surface area contributed by atoms with Gasteiger partial charge in [0.2, 0.25) is 0 Å². The molecule has 0 saturated carbocycles. The Morgan fingerprint density at radius 2 is 1.33 bits per heavy atom. The summed E-state index contributed by atoms with van der Waals surface area (Å²) in [6, 6.07) is 25.5. The van der Waals surface area contributed by atoms with Gasteiger partial charge in [-0.05, 0) is 61.2 Å². The third kappa shape index (κ3) is 5.85. The van der Waals surface area contributed by atoms with Gasteiger partial charge in [-0.1, -0.05) is 54.6 Å². The molecule has 2 heterocycles. The standard InChI is InChI=1S/C33H36N4O5/c1-22-31-32(36-23(2)35-22)37(21-34-31)20-30(39)29(38)18-19-42-33(24-8-6-5-7-9-24,25-10-14-27(40-3)15-11-25)26-12-16-28(41-4)17-13-26/h5-17,21,29-30,38-39H,18-20H2,1-4H3/t29-,30+/m1/s1. The second kappa shape index (κ2) is 12.7. The van der Waals surface area contributed by atoms with Crippen molar-refractivity contribution < 1.29 is 24.4 Å². The number of nitrogens with zero attached hydrogens (tertiary/aromatic N) is 4. The van der Waals surface area contributed by atoms with E-state index in [2.05, 4.69) is 15.0 Å². The molecule has 0 aliphatic heterocycles. The quantitative estimate of drug-likeness (QED) is 0.211. The molecule has 2 aromatic heterocycles. The molecule has 0 aliphatic carbocycles. The van der Waals surface area contributed by atoms with Crippen LogP contribution in [0.4, 0.5) is 0 Å². The molecule has 5 aromatic rings. The fraction of sp³-hybridized carbons (Fsp3) is 0.303. The molecule has 0 radical (unpaired) electrons. The third-order valence-electron chi connectivity index (χ3n) is 7.48.